The van der Waals surface area contributed by atoms with Crippen molar-refractivity contribution in [1.29, 1.82) is 0 Å². The van der Waals surface area contributed by atoms with Crippen molar-refractivity contribution in [2.75, 3.05) is 18.1 Å². The quantitative estimate of drug-likeness (QED) is 0.647. The molecular formula is C17H20N2OS. The molecule has 4 heteroatoms. The highest BCUT2D eigenvalue weighted by Gasteiger charge is 2.14. The van der Waals surface area contributed by atoms with Crippen molar-refractivity contribution in [2.45, 2.75) is 25.2 Å². The Labute approximate surface area is 130 Å². The van der Waals surface area contributed by atoms with Gasteiger partial charge >= 0.3 is 0 Å². The van der Waals surface area contributed by atoms with E-state index in [2.05, 4.69) is 17.2 Å². The molecule has 0 amide bonds. The minimum absolute atomic E-state index is 0.133. The normalized spacial score (nSPS) is 10.4. The van der Waals surface area contributed by atoms with E-state index in [0.717, 1.165) is 33.3 Å². The number of carbonyl (C=O) groups is 1. The van der Waals surface area contributed by atoms with Crippen LogP contribution in [0, 0.1) is 6.92 Å². The third-order valence-electron chi connectivity index (χ3n) is 3.19. The van der Waals surface area contributed by atoms with Gasteiger partial charge in [0.15, 0.2) is 5.78 Å². The average Bonchev–Trinajstić information content (AvgIpc) is 2.49. The Morgan fingerprint density at radius 3 is 2.71 bits per heavy atom. The minimum Gasteiger partial charge on any atom is -0.373 e. The van der Waals surface area contributed by atoms with Crippen LogP contribution in [0.2, 0.25) is 0 Å². The Hall–Kier alpha value is -1.81. The van der Waals surface area contributed by atoms with Crippen molar-refractivity contribution in [3.63, 3.8) is 0 Å². The molecule has 2 rings (SSSR count). The zero-order valence-corrected chi connectivity index (χ0v) is 13.5. The van der Waals surface area contributed by atoms with Gasteiger partial charge in [0.05, 0.1) is 0 Å². The number of nitrogens with one attached hydrogen (secondary N) is 1. The van der Waals surface area contributed by atoms with Crippen molar-refractivity contribution in [1.82, 2.24) is 4.98 Å². The highest BCUT2D eigenvalue weighted by Crippen LogP contribution is 2.24. The number of hydrogen-bond acceptors (Lipinski definition) is 4. The highest BCUT2D eigenvalue weighted by atomic mass is 32.2. The molecule has 0 aliphatic heterocycles. The van der Waals surface area contributed by atoms with Gasteiger partial charge in [-0.1, -0.05) is 31.2 Å². The number of nitrogens with zero attached hydrogens (tertiary/aromatic N) is 1. The number of anilines is 1. The average molecular weight is 300 g/mol. The molecule has 0 fully saturated rings. The predicted molar refractivity (Wildman–Crippen MR) is 89.4 cm³/mol. The van der Waals surface area contributed by atoms with E-state index in [1.165, 1.54) is 0 Å². The lowest BCUT2D eigenvalue weighted by Gasteiger charge is -2.10. The first-order valence-electron chi connectivity index (χ1n) is 7.05. The van der Waals surface area contributed by atoms with Crippen LogP contribution in [0.3, 0.4) is 0 Å². The van der Waals surface area contributed by atoms with E-state index in [9.17, 15) is 4.79 Å². The van der Waals surface area contributed by atoms with Crippen LogP contribution in [-0.4, -0.2) is 23.6 Å². The number of rotatable bonds is 6. The van der Waals surface area contributed by atoms with Gasteiger partial charge < -0.3 is 5.32 Å². The lowest BCUT2D eigenvalue weighted by atomic mass is 10.0. The van der Waals surface area contributed by atoms with Gasteiger partial charge in [0.2, 0.25) is 0 Å². The fraction of sp³-hybridized carbons (Fsp3) is 0.294. The molecule has 0 saturated heterocycles. The molecule has 0 bridgehead atoms. The Balaban J connectivity index is 2.26. The summed E-state index contributed by atoms with van der Waals surface area (Å²) in [5, 5.41) is 3.06. The molecule has 21 heavy (non-hydrogen) atoms. The van der Waals surface area contributed by atoms with Gasteiger partial charge in [-0.15, -0.1) is 11.8 Å². The Morgan fingerprint density at radius 2 is 2.00 bits per heavy atom. The summed E-state index contributed by atoms with van der Waals surface area (Å²) in [4.78, 5) is 18.1. The second kappa shape index (κ2) is 7.27. The summed E-state index contributed by atoms with van der Waals surface area (Å²) in [5.41, 5.74) is 2.67. The van der Waals surface area contributed by atoms with E-state index in [1.807, 2.05) is 50.4 Å². The summed E-state index contributed by atoms with van der Waals surface area (Å²) in [6.45, 7) is 4.04. The molecule has 0 radical (unpaired) electrons. The van der Waals surface area contributed by atoms with Crippen LogP contribution in [0.4, 0.5) is 5.82 Å². The molecule has 3 nitrogen and oxygen atoms in total. The third kappa shape index (κ3) is 3.85. The van der Waals surface area contributed by atoms with Gasteiger partial charge in [-0.2, -0.15) is 0 Å². The van der Waals surface area contributed by atoms with Crippen molar-refractivity contribution in [3.05, 3.63) is 53.2 Å². The summed E-state index contributed by atoms with van der Waals surface area (Å²) in [5.74, 6) is 1.87. The topological polar surface area (TPSA) is 42.0 Å². The smallest absolute Gasteiger partial charge is 0.168 e. The maximum atomic E-state index is 12.6. The molecule has 1 N–H and O–H groups in total. The number of ketones is 1. The molecule has 1 heterocycles. The summed E-state index contributed by atoms with van der Waals surface area (Å²) >= 11 is 1.70. The van der Waals surface area contributed by atoms with Gasteiger partial charge in [0.1, 0.15) is 5.82 Å². The Bertz CT molecular complexity index is 640. The molecule has 0 spiro atoms. The molecule has 0 saturated carbocycles. The molecule has 1 aromatic carbocycles. The first kappa shape index (κ1) is 15.6. The maximum absolute atomic E-state index is 12.6. The van der Waals surface area contributed by atoms with Gasteiger partial charge in [-0.3, -0.25) is 4.79 Å². The fourth-order valence-electron chi connectivity index (χ4n) is 2.19. The number of aryl methyl sites for hydroxylation is 1. The largest absolute Gasteiger partial charge is 0.373 e. The van der Waals surface area contributed by atoms with Gasteiger partial charge in [-0.25, -0.2) is 4.98 Å². The first-order chi connectivity index (χ1) is 10.2. The lowest BCUT2D eigenvalue weighted by molar-refractivity contribution is 0.0990. The first-order valence-corrected chi connectivity index (χ1v) is 8.03. The molecular weight excluding hydrogens is 280 g/mol. The number of Topliss-reactive ketones (excluding diaryl/α,β-unsaturated/α-hetero) is 1. The van der Waals surface area contributed by atoms with Gasteiger partial charge in [-0.05, 0) is 24.8 Å². The standard InChI is InChI=1S/C17H20N2OS/c1-4-21-16-8-6-5-7-14(16)15(20)11-13-10-9-12(2)19-17(13)18-3/h5-10H,4,11H2,1-3H3,(H,18,19). The van der Waals surface area contributed by atoms with Crippen molar-refractivity contribution < 1.29 is 4.79 Å². The number of carbonyl (C=O) groups excluding carboxylic acids is 1. The van der Waals surface area contributed by atoms with E-state index in [4.69, 9.17) is 0 Å². The Kier molecular flexibility index (Phi) is 5.39. The predicted octanol–water partition coefficient (Wildman–Crippen LogP) is 3.97. The van der Waals surface area contributed by atoms with Crippen molar-refractivity contribution >= 4 is 23.4 Å². The van der Waals surface area contributed by atoms with Crippen LogP contribution in [0.1, 0.15) is 28.5 Å². The van der Waals surface area contributed by atoms with Crippen LogP contribution in [0.5, 0.6) is 0 Å². The SMILES string of the molecule is CCSc1ccccc1C(=O)Cc1ccc(C)nc1NC. The molecule has 110 valence electrons. The zero-order chi connectivity index (χ0) is 15.2. The van der Waals surface area contributed by atoms with Crippen LogP contribution < -0.4 is 5.32 Å². The van der Waals surface area contributed by atoms with Crippen LogP contribution in [0.25, 0.3) is 0 Å². The third-order valence-corrected chi connectivity index (χ3v) is 4.15. The van der Waals surface area contributed by atoms with E-state index < -0.39 is 0 Å². The number of aromatic nitrogens is 1. The zero-order valence-electron chi connectivity index (χ0n) is 12.6. The van der Waals surface area contributed by atoms with Crippen LogP contribution in [-0.2, 0) is 6.42 Å². The van der Waals surface area contributed by atoms with E-state index in [0.29, 0.717) is 6.42 Å². The lowest BCUT2D eigenvalue weighted by Crippen LogP contribution is -2.08. The van der Waals surface area contributed by atoms with Crippen LogP contribution in [0.15, 0.2) is 41.3 Å². The number of pyridine rings is 1. The summed E-state index contributed by atoms with van der Waals surface area (Å²) < 4.78 is 0. The fourth-order valence-corrected chi connectivity index (χ4v) is 3.01. The summed E-state index contributed by atoms with van der Waals surface area (Å²) in [6, 6.07) is 11.7. The molecule has 0 unspecified atom stereocenters. The molecule has 1 aromatic heterocycles. The second-order valence-electron chi connectivity index (χ2n) is 4.74. The number of benzene rings is 1. The summed E-state index contributed by atoms with van der Waals surface area (Å²) in [6.07, 6.45) is 0.366. The minimum atomic E-state index is 0.133. The van der Waals surface area contributed by atoms with Gasteiger partial charge in [0.25, 0.3) is 0 Å². The molecule has 0 aliphatic carbocycles. The van der Waals surface area contributed by atoms with Crippen molar-refractivity contribution in [3.8, 4) is 0 Å². The molecule has 0 aliphatic rings. The summed E-state index contributed by atoms with van der Waals surface area (Å²) in [7, 11) is 1.83. The Morgan fingerprint density at radius 1 is 1.24 bits per heavy atom. The number of thioether (sulfide) groups is 1. The van der Waals surface area contributed by atoms with E-state index in [-0.39, 0.29) is 5.78 Å². The van der Waals surface area contributed by atoms with Gasteiger partial charge in [0, 0.05) is 35.2 Å². The maximum Gasteiger partial charge on any atom is 0.168 e. The van der Waals surface area contributed by atoms with E-state index >= 15 is 0 Å². The van der Waals surface area contributed by atoms with E-state index in [1.54, 1.807) is 11.8 Å². The number of hydrogen-bond donors (Lipinski definition) is 1. The second-order valence-corrected chi connectivity index (χ2v) is 6.05. The monoisotopic (exact) mass is 300 g/mol. The molecule has 0 atom stereocenters. The van der Waals surface area contributed by atoms with Crippen LogP contribution >= 0.6 is 11.8 Å². The molecule has 2 aromatic rings. The highest BCUT2D eigenvalue weighted by molar-refractivity contribution is 7.99. The van der Waals surface area contributed by atoms with Crippen molar-refractivity contribution in [2.24, 2.45) is 0 Å².